The van der Waals surface area contributed by atoms with Gasteiger partial charge < -0.3 is 10.0 Å². The number of carbonyl (C=O) groups is 1. The molecule has 0 bridgehead atoms. The first kappa shape index (κ1) is 15.9. The Morgan fingerprint density at radius 3 is 2.38 bits per heavy atom. The van der Waals surface area contributed by atoms with Gasteiger partial charge in [-0.1, -0.05) is 12.1 Å². The van der Waals surface area contributed by atoms with Crippen LogP contribution in [0.3, 0.4) is 0 Å². The van der Waals surface area contributed by atoms with Crippen molar-refractivity contribution in [3.63, 3.8) is 0 Å². The predicted octanol–water partition coefficient (Wildman–Crippen LogP) is 1.66. The van der Waals surface area contributed by atoms with Gasteiger partial charge in [0, 0.05) is 19.7 Å². The summed E-state index contributed by atoms with van der Waals surface area (Å²) in [4.78, 5) is 16.5. The molecule has 0 unspecified atom stereocenters. The highest BCUT2D eigenvalue weighted by Crippen LogP contribution is 2.24. The molecule has 1 saturated heterocycles. The van der Waals surface area contributed by atoms with Gasteiger partial charge in [-0.2, -0.15) is 0 Å². The smallest absolute Gasteiger partial charge is 0.244 e. The van der Waals surface area contributed by atoms with E-state index in [9.17, 15) is 14.3 Å². The van der Waals surface area contributed by atoms with Gasteiger partial charge in [0.2, 0.25) is 5.91 Å². The van der Waals surface area contributed by atoms with E-state index in [0.717, 1.165) is 18.4 Å². The zero-order chi connectivity index (χ0) is 15.4. The van der Waals surface area contributed by atoms with Gasteiger partial charge in [-0.05, 0) is 50.6 Å². The summed E-state index contributed by atoms with van der Waals surface area (Å²) in [6.45, 7) is 1.54. The number of likely N-dealkylation sites (N-methyl/N-ethyl adjacent to an activating group) is 1. The van der Waals surface area contributed by atoms with Crippen LogP contribution in [-0.2, 0) is 4.79 Å². The summed E-state index contributed by atoms with van der Waals surface area (Å²) in [7, 11) is 3.71. The van der Waals surface area contributed by atoms with E-state index in [1.807, 2.05) is 23.9 Å². The summed E-state index contributed by atoms with van der Waals surface area (Å²) in [6, 6.07) is 5.71. The molecule has 21 heavy (non-hydrogen) atoms. The molecular weight excluding hydrogens is 271 g/mol. The minimum Gasteiger partial charge on any atom is -0.396 e. The maximum atomic E-state index is 13.1. The predicted molar refractivity (Wildman–Crippen MR) is 79.2 cm³/mol. The fourth-order valence-corrected chi connectivity index (χ4v) is 2.82. The normalized spacial score (nSPS) is 18.0. The molecule has 1 amide bonds. The third kappa shape index (κ3) is 3.80. The van der Waals surface area contributed by atoms with Gasteiger partial charge in [-0.3, -0.25) is 9.69 Å². The number of rotatable bonds is 4. The third-order valence-electron chi connectivity index (χ3n) is 4.12. The molecule has 4 nitrogen and oxygen atoms in total. The first-order valence-corrected chi connectivity index (χ1v) is 7.34. The molecule has 1 aliphatic rings. The van der Waals surface area contributed by atoms with Crippen molar-refractivity contribution in [3.05, 3.63) is 35.6 Å². The van der Waals surface area contributed by atoms with Crippen molar-refractivity contribution in [2.45, 2.75) is 18.9 Å². The number of aliphatic hydroxyl groups is 1. The number of nitrogens with zero attached hydrogens (tertiary/aromatic N) is 2. The first-order valence-electron chi connectivity index (χ1n) is 7.34. The lowest BCUT2D eigenvalue weighted by atomic mass is 9.96. The highest BCUT2D eigenvalue weighted by molar-refractivity contribution is 5.83. The summed E-state index contributed by atoms with van der Waals surface area (Å²) in [5, 5.41) is 9.17. The molecule has 0 aliphatic carbocycles. The SMILES string of the molecule is CN(C)[C@@H](C(=O)N1CCC(CO)CC1)c1ccc(F)cc1. The van der Waals surface area contributed by atoms with E-state index < -0.39 is 6.04 Å². The number of amides is 1. The average Bonchev–Trinajstić information content (AvgIpc) is 2.49. The van der Waals surface area contributed by atoms with Gasteiger partial charge in [-0.15, -0.1) is 0 Å². The summed E-state index contributed by atoms with van der Waals surface area (Å²) in [5.74, 6) is 0.0492. The van der Waals surface area contributed by atoms with Gasteiger partial charge >= 0.3 is 0 Å². The van der Waals surface area contributed by atoms with Crippen LogP contribution < -0.4 is 0 Å². The number of hydrogen-bond acceptors (Lipinski definition) is 3. The third-order valence-corrected chi connectivity index (χ3v) is 4.12. The molecule has 1 N–H and O–H groups in total. The molecular formula is C16H23FN2O2. The molecule has 1 aromatic rings. The molecule has 5 heteroatoms. The van der Waals surface area contributed by atoms with Crippen molar-refractivity contribution in [1.82, 2.24) is 9.80 Å². The van der Waals surface area contributed by atoms with Crippen LogP contribution in [0.4, 0.5) is 4.39 Å². The van der Waals surface area contributed by atoms with E-state index in [1.54, 1.807) is 12.1 Å². The quantitative estimate of drug-likeness (QED) is 0.918. The van der Waals surface area contributed by atoms with Crippen molar-refractivity contribution >= 4 is 5.91 Å². The molecule has 0 saturated carbocycles. The second kappa shape index (κ2) is 7.00. The van der Waals surface area contributed by atoms with Crippen LogP contribution in [0.5, 0.6) is 0 Å². The molecule has 0 spiro atoms. The molecule has 1 aromatic carbocycles. The van der Waals surface area contributed by atoms with Crippen LogP contribution in [0.2, 0.25) is 0 Å². The second-order valence-electron chi connectivity index (χ2n) is 5.87. The molecule has 0 radical (unpaired) electrons. The second-order valence-corrected chi connectivity index (χ2v) is 5.87. The Kier molecular flexibility index (Phi) is 5.31. The Hall–Kier alpha value is -1.46. The summed E-state index contributed by atoms with van der Waals surface area (Å²) in [6.07, 6.45) is 1.68. The van der Waals surface area contributed by atoms with Crippen molar-refractivity contribution < 1.29 is 14.3 Å². The maximum Gasteiger partial charge on any atom is 0.244 e. The van der Waals surface area contributed by atoms with Crippen molar-refractivity contribution in [2.75, 3.05) is 33.8 Å². The van der Waals surface area contributed by atoms with Gasteiger partial charge in [0.25, 0.3) is 0 Å². The van der Waals surface area contributed by atoms with Crippen LogP contribution >= 0.6 is 0 Å². The Morgan fingerprint density at radius 1 is 1.33 bits per heavy atom. The molecule has 1 atom stereocenters. The fraction of sp³-hybridized carbons (Fsp3) is 0.562. The number of piperidine rings is 1. The summed E-state index contributed by atoms with van der Waals surface area (Å²) < 4.78 is 13.1. The highest BCUT2D eigenvalue weighted by Gasteiger charge is 2.30. The fourth-order valence-electron chi connectivity index (χ4n) is 2.82. The number of likely N-dealkylation sites (tertiary alicyclic amines) is 1. The molecule has 1 aliphatic heterocycles. The number of aliphatic hydroxyl groups excluding tert-OH is 1. The average molecular weight is 294 g/mol. The minimum atomic E-state index is -0.392. The molecule has 116 valence electrons. The highest BCUT2D eigenvalue weighted by atomic mass is 19.1. The minimum absolute atomic E-state index is 0.0444. The van der Waals surface area contributed by atoms with E-state index in [1.165, 1.54) is 12.1 Å². The lowest BCUT2D eigenvalue weighted by molar-refractivity contribution is -0.138. The Labute approximate surface area is 125 Å². The van der Waals surface area contributed by atoms with Crippen LogP contribution in [0.1, 0.15) is 24.4 Å². The van der Waals surface area contributed by atoms with E-state index in [0.29, 0.717) is 19.0 Å². The molecule has 1 heterocycles. The largest absolute Gasteiger partial charge is 0.396 e. The number of carbonyl (C=O) groups excluding carboxylic acids is 1. The van der Waals surface area contributed by atoms with Gasteiger partial charge in [0.1, 0.15) is 11.9 Å². The molecule has 2 rings (SSSR count). The van der Waals surface area contributed by atoms with Crippen molar-refractivity contribution in [2.24, 2.45) is 5.92 Å². The zero-order valence-corrected chi connectivity index (χ0v) is 12.6. The van der Waals surface area contributed by atoms with Crippen LogP contribution in [0, 0.1) is 11.7 Å². The van der Waals surface area contributed by atoms with Crippen LogP contribution in [-0.4, -0.2) is 54.6 Å². The van der Waals surface area contributed by atoms with E-state index in [4.69, 9.17) is 0 Å². The number of hydrogen-bond donors (Lipinski definition) is 1. The Morgan fingerprint density at radius 2 is 1.90 bits per heavy atom. The van der Waals surface area contributed by atoms with Gasteiger partial charge in [0.05, 0.1) is 0 Å². The molecule has 0 aromatic heterocycles. The van der Waals surface area contributed by atoms with Gasteiger partial charge in [-0.25, -0.2) is 4.39 Å². The lowest BCUT2D eigenvalue weighted by Gasteiger charge is -2.35. The van der Waals surface area contributed by atoms with Crippen LogP contribution in [0.15, 0.2) is 24.3 Å². The standard InChI is InChI=1S/C16H23FN2O2/c1-18(2)15(13-3-5-14(17)6-4-13)16(21)19-9-7-12(11-20)8-10-19/h3-6,12,15,20H,7-11H2,1-2H3/t15-/m1/s1. The Balaban J connectivity index is 2.11. The van der Waals surface area contributed by atoms with E-state index in [-0.39, 0.29) is 18.3 Å². The monoisotopic (exact) mass is 294 g/mol. The maximum absolute atomic E-state index is 13.1. The number of halogens is 1. The van der Waals surface area contributed by atoms with E-state index in [2.05, 4.69) is 0 Å². The van der Waals surface area contributed by atoms with E-state index >= 15 is 0 Å². The van der Waals surface area contributed by atoms with Crippen LogP contribution in [0.25, 0.3) is 0 Å². The summed E-state index contributed by atoms with van der Waals surface area (Å²) >= 11 is 0. The zero-order valence-electron chi connectivity index (χ0n) is 12.6. The van der Waals surface area contributed by atoms with Crippen molar-refractivity contribution in [1.29, 1.82) is 0 Å². The Bertz CT molecular complexity index is 468. The lowest BCUT2D eigenvalue weighted by Crippen LogP contribution is -2.44. The topological polar surface area (TPSA) is 43.8 Å². The van der Waals surface area contributed by atoms with Crippen molar-refractivity contribution in [3.8, 4) is 0 Å². The first-order chi connectivity index (χ1) is 10.0. The van der Waals surface area contributed by atoms with Gasteiger partial charge in [0.15, 0.2) is 0 Å². The molecule has 1 fully saturated rings. The summed E-state index contributed by atoms with van der Waals surface area (Å²) in [5.41, 5.74) is 0.802. The number of benzene rings is 1.